The maximum Gasteiger partial charge on any atom is 0.331 e. The number of aliphatic hydroxyl groups excluding tert-OH is 2. The third kappa shape index (κ3) is 3.81. The summed E-state index contributed by atoms with van der Waals surface area (Å²) in [6.07, 6.45) is 6.78. The van der Waals surface area contributed by atoms with Crippen LogP contribution in [0.1, 0.15) is 65.2 Å². The Bertz CT molecular complexity index is 992. The summed E-state index contributed by atoms with van der Waals surface area (Å²) in [6, 6.07) is 0. The maximum atomic E-state index is 12.4. The Morgan fingerprint density at radius 2 is 1.89 bits per heavy atom. The number of carbonyl (C=O) groups excluding carboxylic acids is 1. The molecule has 11 atom stereocenters. The molecule has 0 bridgehead atoms. The van der Waals surface area contributed by atoms with Crippen LogP contribution in [-0.4, -0.2) is 77.9 Å². The molecule has 4 aliphatic carbocycles. The molecule has 37 heavy (non-hydrogen) atoms. The first kappa shape index (κ1) is 26.0. The number of methoxy groups -OCH3 is 1. The highest BCUT2D eigenvalue weighted by Gasteiger charge is 2.67. The summed E-state index contributed by atoms with van der Waals surface area (Å²) < 4.78 is 22.4. The van der Waals surface area contributed by atoms with Crippen molar-refractivity contribution in [1.82, 2.24) is 0 Å². The molecule has 3 N–H and O–H groups in total. The zero-order valence-electron chi connectivity index (χ0n) is 22.2. The van der Waals surface area contributed by atoms with Gasteiger partial charge in [0.2, 0.25) is 0 Å². The third-order valence-electron chi connectivity index (χ3n) is 11.4. The summed E-state index contributed by atoms with van der Waals surface area (Å²) in [6.45, 7) is 5.27. The molecule has 0 amide bonds. The third-order valence-corrected chi connectivity index (χ3v) is 11.4. The number of cyclic esters (lactones) is 1. The van der Waals surface area contributed by atoms with Crippen LogP contribution in [0, 0.1) is 28.6 Å². The second-order valence-corrected chi connectivity index (χ2v) is 12.8. The standard InChI is InChI=1S/C29H42O8/c1-27-14-21(30)23(37-26-25(32)22(34-3)8-11-35-26)13-17(27)4-5-20-19(27)6-9-28(2)18(7-10-29(20,28)33)16-12-24(31)36-15-16/h12-13,18-23,25-26,30,32-33H,4-11,14-15H2,1-3H3. The van der Waals surface area contributed by atoms with Crippen LogP contribution in [0.5, 0.6) is 0 Å². The van der Waals surface area contributed by atoms with Crippen LogP contribution in [-0.2, 0) is 23.7 Å². The van der Waals surface area contributed by atoms with Gasteiger partial charge in [-0.15, -0.1) is 0 Å². The summed E-state index contributed by atoms with van der Waals surface area (Å²) in [5.41, 5.74) is 1.04. The van der Waals surface area contributed by atoms with Crippen molar-refractivity contribution in [1.29, 1.82) is 0 Å². The van der Waals surface area contributed by atoms with Gasteiger partial charge >= 0.3 is 5.97 Å². The number of ether oxygens (including phenoxy) is 4. The summed E-state index contributed by atoms with van der Waals surface area (Å²) in [4.78, 5) is 11.8. The first-order valence-corrected chi connectivity index (χ1v) is 14.1. The minimum Gasteiger partial charge on any atom is -0.458 e. The van der Waals surface area contributed by atoms with Gasteiger partial charge in [0, 0.05) is 18.6 Å². The highest BCUT2D eigenvalue weighted by molar-refractivity contribution is 5.85. The first-order valence-electron chi connectivity index (χ1n) is 14.1. The lowest BCUT2D eigenvalue weighted by Gasteiger charge is -2.62. The van der Waals surface area contributed by atoms with E-state index in [2.05, 4.69) is 19.9 Å². The molecule has 8 heteroatoms. The van der Waals surface area contributed by atoms with Gasteiger partial charge in [-0.3, -0.25) is 0 Å². The number of allylic oxidation sites excluding steroid dienone is 1. The molecular formula is C29H42O8. The predicted molar refractivity (Wildman–Crippen MR) is 133 cm³/mol. The average molecular weight is 519 g/mol. The van der Waals surface area contributed by atoms with E-state index in [1.807, 2.05) is 0 Å². The number of esters is 1. The normalized spacial score (nSPS) is 51.5. The average Bonchev–Trinajstić information content (AvgIpc) is 3.40. The molecule has 206 valence electrons. The lowest BCUT2D eigenvalue weighted by Crippen LogP contribution is -2.61. The van der Waals surface area contributed by atoms with Crippen molar-refractivity contribution in [3.63, 3.8) is 0 Å². The molecular weight excluding hydrogens is 476 g/mol. The second-order valence-electron chi connectivity index (χ2n) is 12.8. The SMILES string of the molecule is COC1CCOC(OC2C=C3CCC4C(CCC5(C)C(C6=CC(=O)OC6)CCC45O)C3(C)CC2O)C1O. The minimum atomic E-state index is -0.898. The fourth-order valence-corrected chi connectivity index (χ4v) is 9.30. The smallest absolute Gasteiger partial charge is 0.331 e. The van der Waals surface area contributed by atoms with E-state index in [0.717, 1.165) is 44.1 Å². The Morgan fingerprint density at radius 1 is 1.08 bits per heavy atom. The van der Waals surface area contributed by atoms with Crippen LogP contribution >= 0.6 is 0 Å². The number of hydrogen-bond acceptors (Lipinski definition) is 8. The van der Waals surface area contributed by atoms with Gasteiger partial charge in [-0.1, -0.05) is 25.5 Å². The highest BCUT2D eigenvalue weighted by atomic mass is 16.7. The fourth-order valence-electron chi connectivity index (χ4n) is 9.30. The molecule has 6 rings (SSSR count). The molecule has 4 fully saturated rings. The van der Waals surface area contributed by atoms with E-state index in [-0.39, 0.29) is 40.7 Å². The van der Waals surface area contributed by atoms with Crippen LogP contribution in [0.25, 0.3) is 0 Å². The van der Waals surface area contributed by atoms with E-state index in [1.165, 1.54) is 5.57 Å². The largest absolute Gasteiger partial charge is 0.458 e. The van der Waals surface area contributed by atoms with Crippen molar-refractivity contribution >= 4 is 5.97 Å². The molecule has 0 aromatic rings. The second kappa shape index (κ2) is 9.14. The number of hydrogen-bond donors (Lipinski definition) is 3. The van der Waals surface area contributed by atoms with Crippen molar-refractivity contribution in [2.45, 2.75) is 102 Å². The minimum absolute atomic E-state index is 0.146. The quantitative estimate of drug-likeness (QED) is 0.385. The van der Waals surface area contributed by atoms with Crippen LogP contribution < -0.4 is 0 Å². The number of rotatable bonds is 4. The predicted octanol–water partition coefficient (Wildman–Crippen LogP) is 2.64. The van der Waals surface area contributed by atoms with Crippen molar-refractivity contribution in [3.05, 3.63) is 23.3 Å². The molecule has 1 saturated heterocycles. The summed E-state index contributed by atoms with van der Waals surface area (Å²) in [5, 5.41) is 34.2. The van der Waals surface area contributed by atoms with Gasteiger partial charge in [0.25, 0.3) is 0 Å². The van der Waals surface area contributed by atoms with E-state index in [0.29, 0.717) is 26.1 Å². The van der Waals surface area contributed by atoms with Crippen molar-refractivity contribution in [3.8, 4) is 0 Å². The molecule has 11 unspecified atom stereocenters. The summed E-state index contributed by atoms with van der Waals surface area (Å²) in [7, 11) is 1.57. The number of aliphatic hydroxyl groups is 3. The van der Waals surface area contributed by atoms with E-state index >= 15 is 0 Å². The van der Waals surface area contributed by atoms with Gasteiger partial charge < -0.3 is 34.3 Å². The van der Waals surface area contributed by atoms with Gasteiger partial charge in [-0.2, -0.15) is 0 Å². The lowest BCUT2D eigenvalue weighted by atomic mass is 9.45. The first-order chi connectivity index (χ1) is 17.6. The monoisotopic (exact) mass is 518 g/mol. The van der Waals surface area contributed by atoms with Crippen molar-refractivity contribution in [2.75, 3.05) is 20.3 Å². The Labute approximate surface area is 219 Å². The topological polar surface area (TPSA) is 115 Å². The Morgan fingerprint density at radius 3 is 2.62 bits per heavy atom. The highest BCUT2D eigenvalue weighted by Crippen LogP contribution is 2.69. The van der Waals surface area contributed by atoms with E-state index < -0.39 is 30.2 Å². The van der Waals surface area contributed by atoms with Crippen LogP contribution in [0.3, 0.4) is 0 Å². The van der Waals surface area contributed by atoms with Gasteiger partial charge in [0.1, 0.15) is 18.8 Å². The molecule has 6 aliphatic rings. The van der Waals surface area contributed by atoms with E-state index in [9.17, 15) is 20.1 Å². The van der Waals surface area contributed by atoms with Crippen LogP contribution in [0.15, 0.2) is 23.3 Å². The lowest BCUT2D eigenvalue weighted by molar-refractivity contribution is -0.268. The van der Waals surface area contributed by atoms with Gasteiger partial charge in [-0.05, 0) is 80.1 Å². The molecule has 3 saturated carbocycles. The fraction of sp³-hybridized carbons (Fsp3) is 0.828. The van der Waals surface area contributed by atoms with Gasteiger partial charge in [0.05, 0.1) is 24.4 Å². The Hall–Kier alpha value is -1.29. The number of carbonyl (C=O) groups is 1. The van der Waals surface area contributed by atoms with E-state index in [4.69, 9.17) is 18.9 Å². The molecule has 0 aromatic carbocycles. The number of fused-ring (bicyclic) bond motifs is 5. The van der Waals surface area contributed by atoms with Crippen LogP contribution in [0.4, 0.5) is 0 Å². The van der Waals surface area contributed by atoms with Gasteiger partial charge in [0.15, 0.2) is 6.29 Å². The van der Waals surface area contributed by atoms with Crippen molar-refractivity contribution < 1.29 is 39.1 Å². The summed E-state index contributed by atoms with van der Waals surface area (Å²) >= 11 is 0. The zero-order valence-corrected chi connectivity index (χ0v) is 22.2. The van der Waals surface area contributed by atoms with Crippen LogP contribution in [0.2, 0.25) is 0 Å². The summed E-state index contributed by atoms with van der Waals surface area (Å²) in [5.74, 6) is 0.319. The molecule has 2 heterocycles. The Balaban J connectivity index is 1.23. The molecule has 0 radical (unpaired) electrons. The van der Waals surface area contributed by atoms with Crippen molar-refractivity contribution in [2.24, 2.45) is 28.6 Å². The zero-order chi connectivity index (χ0) is 26.2. The molecule has 8 nitrogen and oxygen atoms in total. The Kier molecular flexibility index (Phi) is 6.41. The van der Waals surface area contributed by atoms with E-state index in [1.54, 1.807) is 13.2 Å². The molecule has 0 aromatic heterocycles. The maximum absolute atomic E-state index is 12.4. The molecule has 2 aliphatic heterocycles. The molecule has 0 spiro atoms. The van der Waals surface area contributed by atoms with Gasteiger partial charge in [-0.25, -0.2) is 4.79 Å².